The summed E-state index contributed by atoms with van der Waals surface area (Å²) in [5.41, 5.74) is 2.41. The maximum absolute atomic E-state index is 13.2. The maximum Gasteiger partial charge on any atom is 0.257 e. The molecule has 7 nitrogen and oxygen atoms in total. The van der Waals surface area contributed by atoms with Gasteiger partial charge in [-0.25, -0.2) is 0 Å². The van der Waals surface area contributed by atoms with Gasteiger partial charge < -0.3 is 15.1 Å². The fourth-order valence-electron chi connectivity index (χ4n) is 4.43. The first kappa shape index (κ1) is 16.9. The molecule has 1 aliphatic carbocycles. The molecule has 2 aromatic rings. The molecule has 0 aromatic carbocycles. The van der Waals surface area contributed by atoms with Crippen LogP contribution in [0.2, 0.25) is 0 Å². The van der Waals surface area contributed by atoms with Crippen molar-refractivity contribution in [2.24, 2.45) is 5.92 Å². The van der Waals surface area contributed by atoms with E-state index in [9.17, 15) is 9.59 Å². The Kier molecular flexibility index (Phi) is 3.87. The van der Waals surface area contributed by atoms with Crippen LogP contribution in [0.5, 0.6) is 0 Å². The number of carbonyl (C=O) groups excluding carboxylic acids is 2. The molecule has 2 N–H and O–H groups in total. The summed E-state index contributed by atoms with van der Waals surface area (Å²) in [5.74, 6) is 0.779. The Morgan fingerprint density at radius 3 is 2.78 bits per heavy atom. The number of aromatic amines is 1. The first-order chi connectivity index (χ1) is 13.1. The summed E-state index contributed by atoms with van der Waals surface area (Å²) in [7, 11) is 2.11. The minimum Gasteiger partial charge on any atom is -0.327 e. The molecule has 1 spiro atoms. The number of aromatic nitrogens is 2. The number of carbonyl (C=O) groups is 2. The van der Waals surface area contributed by atoms with Crippen molar-refractivity contribution < 1.29 is 9.59 Å². The second kappa shape index (κ2) is 6.17. The van der Waals surface area contributed by atoms with E-state index in [1.165, 1.54) is 11.3 Å². The molecule has 27 heavy (non-hydrogen) atoms. The number of nitrogens with zero attached hydrogens (tertiary/aromatic N) is 3. The Bertz CT molecular complexity index is 878. The van der Waals surface area contributed by atoms with E-state index < -0.39 is 0 Å². The van der Waals surface area contributed by atoms with Gasteiger partial charge in [0.05, 0.1) is 23.3 Å². The van der Waals surface area contributed by atoms with E-state index in [1.807, 2.05) is 15.7 Å². The standard InChI is InChI=1S/C19H23N5O2S/c1-23-7-2-12(3-8-23)18(26)24-10-14-15(19(24)5-6-19)21-22-16(14)20-17(25)13-4-9-27-11-13/h4,9,11-12H,2-3,5-8,10H2,1H3,(H2,20,21,22,25). The molecule has 0 bridgehead atoms. The molecule has 5 rings (SSSR count). The van der Waals surface area contributed by atoms with Crippen molar-refractivity contribution in [1.29, 1.82) is 0 Å². The number of rotatable bonds is 3. The molecule has 1 saturated carbocycles. The van der Waals surface area contributed by atoms with E-state index in [0.29, 0.717) is 17.9 Å². The molecule has 8 heteroatoms. The molecule has 0 atom stereocenters. The molecule has 2 fully saturated rings. The topological polar surface area (TPSA) is 81.3 Å². The van der Waals surface area contributed by atoms with E-state index in [1.54, 1.807) is 6.07 Å². The maximum atomic E-state index is 13.2. The van der Waals surface area contributed by atoms with Crippen molar-refractivity contribution in [3.8, 4) is 0 Å². The lowest BCUT2D eigenvalue weighted by atomic mass is 9.95. The SMILES string of the molecule is CN1CCC(C(=O)N2Cc3c(NC(=O)c4ccsc4)n[nH]c3C23CC3)CC1. The largest absolute Gasteiger partial charge is 0.327 e. The fraction of sp³-hybridized carbons (Fsp3) is 0.526. The summed E-state index contributed by atoms with van der Waals surface area (Å²) >= 11 is 1.49. The second-order valence-corrected chi connectivity index (χ2v) is 8.71. The van der Waals surface area contributed by atoms with Crippen LogP contribution in [0.15, 0.2) is 16.8 Å². The molecule has 0 radical (unpaired) electrons. The number of nitrogens with one attached hydrogen (secondary N) is 2. The third-order valence-electron chi connectivity index (χ3n) is 6.24. The monoisotopic (exact) mass is 385 g/mol. The third kappa shape index (κ3) is 2.70. The van der Waals surface area contributed by atoms with E-state index in [0.717, 1.165) is 50.0 Å². The Hall–Kier alpha value is -2.19. The Morgan fingerprint density at radius 2 is 2.11 bits per heavy atom. The van der Waals surface area contributed by atoms with Gasteiger partial charge in [-0.15, -0.1) is 0 Å². The van der Waals surface area contributed by atoms with Crippen LogP contribution in [0.4, 0.5) is 5.82 Å². The van der Waals surface area contributed by atoms with Crippen molar-refractivity contribution in [3.63, 3.8) is 0 Å². The number of likely N-dealkylation sites (tertiary alicyclic amines) is 1. The number of fused-ring (bicyclic) bond motifs is 2. The number of piperidine rings is 1. The first-order valence-corrected chi connectivity index (χ1v) is 10.4. The molecule has 2 aromatic heterocycles. The van der Waals surface area contributed by atoms with Crippen molar-refractivity contribution in [1.82, 2.24) is 20.0 Å². The zero-order chi connectivity index (χ0) is 18.6. The summed E-state index contributed by atoms with van der Waals surface area (Å²) in [5, 5.41) is 14.1. The molecule has 2 amide bonds. The van der Waals surface area contributed by atoms with Crippen LogP contribution >= 0.6 is 11.3 Å². The molecule has 2 aliphatic heterocycles. The summed E-state index contributed by atoms with van der Waals surface area (Å²) in [6, 6.07) is 1.80. The van der Waals surface area contributed by atoms with Crippen LogP contribution in [-0.4, -0.2) is 51.9 Å². The average Bonchev–Trinajstić information content (AvgIpc) is 3.02. The summed E-state index contributed by atoms with van der Waals surface area (Å²) in [6.07, 6.45) is 3.79. The number of H-pyrrole nitrogens is 1. The number of hydrogen-bond acceptors (Lipinski definition) is 5. The molecule has 1 saturated heterocycles. The Morgan fingerprint density at radius 1 is 1.33 bits per heavy atom. The number of thiophene rings is 1. The van der Waals surface area contributed by atoms with E-state index in [4.69, 9.17) is 0 Å². The first-order valence-electron chi connectivity index (χ1n) is 9.50. The van der Waals surface area contributed by atoms with E-state index in [-0.39, 0.29) is 23.3 Å². The second-order valence-electron chi connectivity index (χ2n) is 7.93. The minimum absolute atomic E-state index is 0.111. The zero-order valence-corrected chi connectivity index (χ0v) is 16.1. The smallest absolute Gasteiger partial charge is 0.257 e. The summed E-state index contributed by atoms with van der Waals surface area (Å²) < 4.78 is 0. The van der Waals surface area contributed by atoms with Gasteiger partial charge in [0.2, 0.25) is 5.91 Å². The van der Waals surface area contributed by atoms with Crippen LogP contribution in [-0.2, 0) is 16.9 Å². The van der Waals surface area contributed by atoms with Gasteiger partial charge in [0.1, 0.15) is 0 Å². The van der Waals surface area contributed by atoms with Crippen molar-refractivity contribution in [2.75, 3.05) is 25.5 Å². The predicted octanol–water partition coefficient (Wildman–Crippen LogP) is 2.40. The third-order valence-corrected chi connectivity index (χ3v) is 6.92. The molecule has 3 aliphatic rings. The number of hydrogen-bond donors (Lipinski definition) is 2. The van der Waals surface area contributed by atoms with Gasteiger partial charge in [0.15, 0.2) is 5.82 Å². The van der Waals surface area contributed by atoms with Gasteiger partial charge in [-0.05, 0) is 57.3 Å². The lowest BCUT2D eigenvalue weighted by Gasteiger charge is -2.33. The van der Waals surface area contributed by atoms with Gasteiger partial charge in [0, 0.05) is 16.9 Å². The molecular formula is C19H23N5O2S. The van der Waals surface area contributed by atoms with E-state index in [2.05, 4.69) is 27.5 Å². The van der Waals surface area contributed by atoms with Crippen LogP contribution < -0.4 is 5.32 Å². The van der Waals surface area contributed by atoms with Gasteiger partial charge in [-0.3, -0.25) is 14.7 Å². The highest BCUT2D eigenvalue weighted by molar-refractivity contribution is 7.08. The highest BCUT2D eigenvalue weighted by Gasteiger charge is 2.59. The van der Waals surface area contributed by atoms with Crippen LogP contribution in [0, 0.1) is 5.92 Å². The molecule has 142 valence electrons. The van der Waals surface area contributed by atoms with Gasteiger partial charge in [0.25, 0.3) is 5.91 Å². The van der Waals surface area contributed by atoms with Gasteiger partial charge in [-0.2, -0.15) is 16.4 Å². The summed E-state index contributed by atoms with van der Waals surface area (Å²) in [4.78, 5) is 30.0. The van der Waals surface area contributed by atoms with Gasteiger partial charge in [-0.1, -0.05) is 0 Å². The highest BCUT2D eigenvalue weighted by Crippen LogP contribution is 2.57. The quantitative estimate of drug-likeness (QED) is 0.850. The zero-order valence-electron chi connectivity index (χ0n) is 15.3. The molecule has 0 unspecified atom stereocenters. The molecule has 4 heterocycles. The van der Waals surface area contributed by atoms with Crippen LogP contribution in [0.3, 0.4) is 0 Å². The Balaban J connectivity index is 1.36. The predicted molar refractivity (Wildman–Crippen MR) is 103 cm³/mol. The van der Waals surface area contributed by atoms with Crippen LogP contribution in [0.1, 0.15) is 47.3 Å². The van der Waals surface area contributed by atoms with Crippen molar-refractivity contribution >= 4 is 29.0 Å². The van der Waals surface area contributed by atoms with Crippen molar-refractivity contribution in [3.05, 3.63) is 33.6 Å². The van der Waals surface area contributed by atoms with Crippen molar-refractivity contribution in [2.45, 2.75) is 37.8 Å². The van der Waals surface area contributed by atoms with Gasteiger partial charge >= 0.3 is 0 Å². The summed E-state index contributed by atoms with van der Waals surface area (Å²) in [6.45, 7) is 2.49. The van der Waals surface area contributed by atoms with Crippen LogP contribution in [0.25, 0.3) is 0 Å². The lowest BCUT2D eigenvalue weighted by Crippen LogP contribution is -2.43. The lowest BCUT2D eigenvalue weighted by molar-refractivity contribution is -0.140. The molecular weight excluding hydrogens is 362 g/mol. The fourth-order valence-corrected chi connectivity index (χ4v) is 5.06. The number of anilines is 1. The van der Waals surface area contributed by atoms with E-state index >= 15 is 0 Å². The normalized spacial score (nSPS) is 21.4. The highest BCUT2D eigenvalue weighted by atomic mass is 32.1. The average molecular weight is 385 g/mol. The number of amides is 2. The minimum atomic E-state index is -0.214. The Labute approximate surface area is 161 Å².